The number of amides is 1. The molecule has 1 aromatic carbocycles. The smallest absolute Gasteiger partial charge is 0.408 e. The molecule has 1 fully saturated rings. The number of aromatic nitrogens is 1. The molecule has 2 aromatic rings. The maximum Gasteiger partial charge on any atom is 0.417 e. The van der Waals surface area contributed by atoms with Crippen LogP contribution in [0.1, 0.15) is 36.0 Å². The standard InChI is InChI=1S/C14H17N3O3/c15-9-2-4-10(5-3-9)16-13(18)8-1-6-12-11(7-8)17-14(19)20-12/h1,6-7,9-10H,2-5,15H2,(H,16,18)(H,17,19)/t9-,10-. The summed E-state index contributed by atoms with van der Waals surface area (Å²) in [7, 11) is 0. The van der Waals surface area contributed by atoms with E-state index in [0.717, 1.165) is 25.7 Å². The van der Waals surface area contributed by atoms with Gasteiger partial charge in [-0.2, -0.15) is 0 Å². The van der Waals surface area contributed by atoms with Crippen LogP contribution in [0.25, 0.3) is 11.1 Å². The van der Waals surface area contributed by atoms with Crippen LogP contribution >= 0.6 is 0 Å². The number of aromatic amines is 1. The Bertz CT molecular complexity index is 680. The van der Waals surface area contributed by atoms with Gasteiger partial charge < -0.3 is 15.5 Å². The van der Waals surface area contributed by atoms with E-state index in [2.05, 4.69) is 10.3 Å². The van der Waals surface area contributed by atoms with Crippen molar-refractivity contribution in [2.24, 2.45) is 5.73 Å². The Labute approximate surface area is 115 Å². The molecule has 0 radical (unpaired) electrons. The fraction of sp³-hybridized carbons (Fsp3) is 0.429. The average molecular weight is 275 g/mol. The highest BCUT2D eigenvalue weighted by Crippen LogP contribution is 2.18. The van der Waals surface area contributed by atoms with Gasteiger partial charge in [-0.3, -0.25) is 9.78 Å². The molecule has 106 valence electrons. The first-order valence-corrected chi connectivity index (χ1v) is 6.81. The Morgan fingerprint density at radius 2 is 2.05 bits per heavy atom. The number of rotatable bonds is 2. The van der Waals surface area contributed by atoms with Gasteiger partial charge in [0.05, 0.1) is 5.52 Å². The monoisotopic (exact) mass is 275 g/mol. The topological polar surface area (TPSA) is 101 Å². The van der Waals surface area contributed by atoms with E-state index in [1.165, 1.54) is 0 Å². The number of H-pyrrole nitrogens is 1. The number of nitrogens with two attached hydrogens (primary N) is 1. The molecule has 3 rings (SSSR count). The fourth-order valence-electron chi connectivity index (χ4n) is 2.63. The van der Waals surface area contributed by atoms with Crippen LogP contribution in [-0.2, 0) is 0 Å². The molecule has 0 unspecified atom stereocenters. The predicted molar refractivity (Wildman–Crippen MR) is 74.5 cm³/mol. The summed E-state index contributed by atoms with van der Waals surface area (Å²) in [5, 5.41) is 3.01. The quantitative estimate of drug-likeness (QED) is 0.764. The van der Waals surface area contributed by atoms with Crippen molar-refractivity contribution in [1.82, 2.24) is 10.3 Å². The van der Waals surface area contributed by atoms with Crippen molar-refractivity contribution >= 4 is 17.0 Å². The van der Waals surface area contributed by atoms with E-state index in [-0.39, 0.29) is 18.0 Å². The molecule has 1 heterocycles. The molecule has 0 saturated heterocycles. The van der Waals surface area contributed by atoms with Gasteiger partial charge in [-0.05, 0) is 43.9 Å². The van der Waals surface area contributed by atoms with Crippen LogP contribution in [0.2, 0.25) is 0 Å². The first kappa shape index (κ1) is 12.9. The van der Waals surface area contributed by atoms with Crippen LogP contribution < -0.4 is 16.8 Å². The second-order valence-electron chi connectivity index (χ2n) is 5.31. The van der Waals surface area contributed by atoms with E-state index in [1.54, 1.807) is 18.2 Å². The number of hydrogen-bond acceptors (Lipinski definition) is 4. The van der Waals surface area contributed by atoms with Gasteiger partial charge in [0, 0.05) is 17.6 Å². The second-order valence-corrected chi connectivity index (χ2v) is 5.31. The van der Waals surface area contributed by atoms with Gasteiger partial charge in [-0.15, -0.1) is 0 Å². The SMILES string of the molecule is N[C@H]1CC[C@H](NC(=O)c2ccc3oc(=O)[nH]c3c2)CC1. The third-order valence-electron chi connectivity index (χ3n) is 3.79. The zero-order valence-electron chi connectivity index (χ0n) is 11.0. The maximum atomic E-state index is 12.2. The largest absolute Gasteiger partial charge is 0.417 e. The molecule has 6 nitrogen and oxygen atoms in total. The molecule has 0 aliphatic heterocycles. The highest BCUT2D eigenvalue weighted by molar-refractivity contribution is 5.97. The van der Waals surface area contributed by atoms with E-state index in [1.807, 2.05) is 0 Å². The molecule has 0 spiro atoms. The Morgan fingerprint density at radius 3 is 2.80 bits per heavy atom. The van der Waals surface area contributed by atoms with Crippen LogP contribution in [0.3, 0.4) is 0 Å². The normalized spacial score (nSPS) is 22.9. The van der Waals surface area contributed by atoms with Gasteiger partial charge in [0.25, 0.3) is 5.91 Å². The Hall–Kier alpha value is -2.08. The van der Waals surface area contributed by atoms with Crippen molar-refractivity contribution in [2.45, 2.75) is 37.8 Å². The minimum atomic E-state index is -0.515. The summed E-state index contributed by atoms with van der Waals surface area (Å²) in [6.07, 6.45) is 3.72. The fourth-order valence-corrected chi connectivity index (χ4v) is 2.63. The molecule has 6 heteroatoms. The maximum absolute atomic E-state index is 12.2. The molecule has 1 aliphatic rings. The number of oxazole rings is 1. The molecule has 0 bridgehead atoms. The van der Waals surface area contributed by atoms with E-state index in [4.69, 9.17) is 10.2 Å². The van der Waals surface area contributed by atoms with Gasteiger partial charge >= 0.3 is 5.76 Å². The van der Waals surface area contributed by atoms with Crippen molar-refractivity contribution in [3.8, 4) is 0 Å². The molecular formula is C14H17N3O3. The molecule has 20 heavy (non-hydrogen) atoms. The molecule has 1 saturated carbocycles. The Kier molecular flexibility index (Phi) is 3.31. The number of benzene rings is 1. The van der Waals surface area contributed by atoms with Crippen molar-refractivity contribution in [2.75, 3.05) is 0 Å². The minimum absolute atomic E-state index is 0.130. The second kappa shape index (κ2) is 5.13. The molecule has 1 amide bonds. The van der Waals surface area contributed by atoms with Gasteiger partial charge in [0.15, 0.2) is 5.58 Å². The number of hydrogen-bond donors (Lipinski definition) is 3. The van der Waals surface area contributed by atoms with Gasteiger partial charge in [0.1, 0.15) is 0 Å². The highest BCUT2D eigenvalue weighted by atomic mass is 16.4. The summed E-state index contributed by atoms with van der Waals surface area (Å²) in [6, 6.07) is 5.35. The summed E-state index contributed by atoms with van der Waals surface area (Å²) >= 11 is 0. The van der Waals surface area contributed by atoms with Crippen LogP contribution in [0.15, 0.2) is 27.4 Å². The van der Waals surface area contributed by atoms with Gasteiger partial charge in [-0.25, -0.2) is 4.79 Å². The van der Waals surface area contributed by atoms with Crippen molar-refractivity contribution in [3.05, 3.63) is 34.3 Å². The van der Waals surface area contributed by atoms with Crippen LogP contribution in [0, 0.1) is 0 Å². The number of nitrogens with one attached hydrogen (secondary N) is 2. The molecule has 1 aromatic heterocycles. The van der Waals surface area contributed by atoms with Crippen molar-refractivity contribution in [1.29, 1.82) is 0 Å². The first-order chi connectivity index (χ1) is 9.61. The van der Waals surface area contributed by atoms with E-state index in [0.29, 0.717) is 16.7 Å². The number of carbonyl (C=O) groups excluding carboxylic acids is 1. The van der Waals surface area contributed by atoms with Gasteiger partial charge in [-0.1, -0.05) is 0 Å². The first-order valence-electron chi connectivity index (χ1n) is 6.81. The Morgan fingerprint density at radius 1 is 1.30 bits per heavy atom. The third kappa shape index (κ3) is 2.60. The molecule has 0 atom stereocenters. The van der Waals surface area contributed by atoms with Crippen LogP contribution in [0.5, 0.6) is 0 Å². The molecular weight excluding hydrogens is 258 g/mol. The zero-order chi connectivity index (χ0) is 14.1. The van der Waals surface area contributed by atoms with E-state index < -0.39 is 5.76 Å². The predicted octanol–water partition coefficient (Wildman–Crippen LogP) is 1.12. The van der Waals surface area contributed by atoms with Crippen molar-refractivity contribution in [3.63, 3.8) is 0 Å². The summed E-state index contributed by atoms with van der Waals surface area (Å²) in [5.41, 5.74) is 7.35. The highest BCUT2D eigenvalue weighted by Gasteiger charge is 2.20. The van der Waals surface area contributed by atoms with Crippen LogP contribution in [-0.4, -0.2) is 23.0 Å². The lowest BCUT2D eigenvalue weighted by atomic mass is 9.91. The number of fused-ring (bicyclic) bond motifs is 1. The van der Waals surface area contributed by atoms with Crippen molar-refractivity contribution < 1.29 is 9.21 Å². The zero-order valence-corrected chi connectivity index (χ0v) is 11.0. The Balaban J connectivity index is 1.73. The van der Waals surface area contributed by atoms with Gasteiger partial charge in [0.2, 0.25) is 0 Å². The summed E-state index contributed by atoms with van der Waals surface area (Å²) in [4.78, 5) is 25.8. The third-order valence-corrected chi connectivity index (χ3v) is 3.79. The molecule has 4 N–H and O–H groups in total. The number of carbonyl (C=O) groups is 1. The minimum Gasteiger partial charge on any atom is -0.408 e. The lowest BCUT2D eigenvalue weighted by Gasteiger charge is -2.26. The van der Waals surface area contributed by atoms with E-state index >= 15 is 0 Å². The van der Waals surface area contributed by atoms with Crippen LogP contribution in [0.4, 0.5) is 0 Å². The summed E-state index contributed by atoms with van der Waals surface area (Å²) in [5.74, 6) is -0.645. The summed E-state index contributed by atoms with van der Waals surface area (Å²) < 4.78 is 4.91. The lowest BCUT2D eigenvalue weighted by Crippen LogP contribution is -2.40. The average Bonchev–Trinajstić information content (AvgIpc) is 2.80. The summed E-state index contributed by atoms with van der Waals surface area (Å²) in [6.45, 7) is 0. The lowest BCUT2D eigenvalue weighted by molar-refractivity contribution is 0.0926. The van der Waals surface area contributed by atoms with E-state index in [9.17, 15) is 9.59 Å². The molecule has 1 aliphatic carbocycles.